The van der Waals surface area contributed by atoms with Gasteiger partial charge in [-0.1, -0.05) is 6.07 Å². The molecule has 1 amide bonds. The number of amides is 1. The lowest BCUT2D eigenvalue weighted by Gasteiger charge is -2.10. The normalized spacial score (nSPS) is 10.5. The summed E-state index contributed by atoms with van der Waals surface area (Å²) < 4.78 is 5.29. The number of benzene rings is 1. The van der Waals surface area contributed by atoms with Crippen molar-refractivity contribution in [1.29, 1.82) is 0 Å². The second kappa shape index (κ2) is 6.18. The molecular weight excluding hydrogens is 284 g/mol. The topological polar surface area (TPSA) is 64.4 Å². The predicted octanol–water partition coefficient (Wildman–Crippen LogP) is 3.37. The average Bonchev–Trinajstić information content (AvgIpc) is 2.73. The summed E-state index contributed by atoms with van der Waals surface area (Å²) in [5.41, 5.74) is 9.54. The van der Waals surface area contributed by atoms with Crippen LogP contribution in [0.3, 0.4) is 0 Å². The number of nitrogens with two attached hydrogens (primary N) is 1. The number of methoxy groups -OCH3 is 1. The Bertz CT molecular complexity index is 677. The number of anilines is 1. The first kappa shape index (κ1) is 15.4. The first-order valence-electron chi connectivity index (χ1n) is 6.81. The van der Waals surface area contributed by atoms with E-state index in [0.29, 0.717) is 17.1 Å². The van der Waals surface area contributed by atoms with Gasteiger partial charge in [-0.25, -0.2) is 0 Å². The SMILES string of the molecule is CCNC(=O)c1c(N)sc(C)c1-c1ccc(OC)c(C)c1. The van der Waals surface area contributed by atoms with E-state index < -0.39 is 0 Å². The zero-order valence-corrected chi connectivity index (χ0v) is 13.6. The highest BCUT2D eigenvalue weighted by Gasteiger charge is 2.21. The van der Waals surface area contributed by atoms with Crippen molar-refractivity contribution in [3.05, 3.63) is 34.2 Å². The molecule has 1 heterocycles. The summed E-state index contributed by atoms with van der Waals surface area (Å²) in [7, 11) is 1.65. The monoisotopic (exact) mass is 304 g/mol. The summed E-state index contributed by atoms with van der Waals surface area (Å²) in [4.78, 5) is 13.3. The average molecular weight is 304 g/mol. The van der Waals surface area contributed by atoms with E-state index in [-0.39, 0.29) is 5.91 Å². The van der Waals surface area contributed by atoms with Crippen molar-refractivity contribution in [3.63, 3.8) is 0 Å². The van der Waals surface area contributed by atoms with E-state index in [4.69, 9.17) is 10.5 Å². The minimum Gasteiger partial charge on any atom is -0.496 e. The molecule has 0 saturated carbocycles. The summed E-state index contributed by atoms with van der Waals surface area (Å²) in [6.45, 7) is 6.44. The number of hydrogen-bond donors (Lipinski definition) is 2. The Labute approximate surface area is 128 Å². The van der Waals surface area contributed by atoms with Crippen LogP contribution in [0.1, 0.15) is 27.7 Å². The Balaban J connectivity index is 2.58. The van der Waals surface area contributed by atoms with E-state index in [9.17, 15) is 4.79 Å². The summed E-state index contributed by atoms with van der Waals surface area (Å²) in [6.07, 6.45) is 0. The quantitative estimate of drug-likeness (QED) is 0.910. The van der Waals surface area contributed by atoms with Crippen LogP contribution < -0.4 is 15.8 Å². The number of rotatable bonds is 4. The molecule has 0 aliphatic rings. The smallest absolute Gasteiger partial charge is 0.254 e. The standard InChI is InChI=1S/C16H20N2O2S/c1-5-18-16(19)14-13(10(3)21-15(14)17)11-6-7-12(20-4)9(2)8-11/h6-8H,5,17H2,1-4H3,(H,18,19). The van der Waals surface area contributed by atoms with Gasteiger partial charge in [0.1, 0.15) is 5.75 Å². The summed E-state index contributed by atoms with van der Waals surface area (Å²) >= 11 is 1.45. The molecule has 5 heteroatoms. The lowest BCUT2D eigenvalue weighted by atomic mass is 9.99. The molecule has 2 rings (SSSR count). The van der Waals surface area contributed by atoms with Crippen LogP contribution >= 0.6 is 11.3 Å². The molecule has 1 aromatic heterocycles. The maximum atomic E-state index is 12.3. The molecule has 0 spiro atoms. The maximum Gasteiger partial charge on any atom is 0.254 e. The van der Waals surface area contributed by atoms with Gasteiger partial charge in [0, 0.05) is 17.0 Å². The lowest BCUT2D eigenvalue weighted by molar-refractivity contribution is 0.0957. The Morgan fingerprint density at radius 1 is 1.38 bits per heavy atom. The number of carbonyl (C=O) groups is 1. The fourth-order valence-electron chi connectivity index (χ4n) is 2.42. The van der Waals surface area contributed by atoms with E-state index in [1.165, 1.54) is 11.3 Å². The summed E-state index contributed by atoms with van der Waals surface area (Å²) in [6, 6.07) is 5.90. The fourth-order valence-corrected chi connectivity index (χ4v) is 3.37. The molecule has 0 unspecified atom stereocenters. The Morgan fingerprint density at radius 3 is 2.67 bits per heavy atom. The van der Waals surface area contributed by atoms with Gasteiger partial charge in [0.05, 0.1) is 17.7 Å². The Morgan fingerprint density at radius 2 is 2.10 bits per heavy atom. The third-order valence-corrected chi connectivity index (χ3v) is 4.29. The predicted molar refractivity (Wildman–Crippen MR) is 88.2 cm³/mol. The van der Waals surface area contributed by atoms with Crippen molar-refractivity contribution in [2.45, 2.75) is 20.8 Å². The molecule has 0 bridgehead atoms. The van der Waals surface area contributed by atoms with Gasteiger partial charge in [0.25, 0.3) is 5.91 Å². The largest absolute Gasteiger partial charge is 0.496 e. The van der Waals surface area contributed by atoms with E-state index in [2.05, 4.69) is 5.32 Å². The number of hydrogen-bond acceptors (Lipinski definition) is 4. The maximum absolute atomic E-state index is 12.3. The van der Waals surface area contributed by atoms with Gasteiger partial charge < -0.3 is 15.8 Å². The van der Waals surface area contributed by atoms with E-state index >= 15 is 0 Å². The van der Waals surface area contributed by atoms with Crippen molar-refractivity contribution in [3.8, 4) is 16.9 Å². The van der Waals surface area contributed by atoms with Crippen LogP contribution in [0.4, 0.5) is 5.00 Å². The van der Waals surface area contributed by atoms with E-state index in [1.54, 1.807) is 7.11 Å². The molecule has 0 fully saturated rings. The van der Waals surface area contributed by atoms with Crippen molar-refractivity contribution >= 4 is 22.2 Å². The second-order valence-electron chi connectivity index (χ2n) is 4.82. The number of nitrogens with one attached hydrogen (secondary N) is 1. The highest BCUT2D eigenvalue weighted by molar-refractivity contribution is 7.16. The van der Waals surface area contributed by atoms with Crippen LogP contribution in [0.2, 0.25) is 0 Å². The minimum absolute atomic E-state index is 0.122. The number of ether oxygens (including phenoxy) is 1. The van der Waals surface area contributed by atoms with Crippen molar-refractivity contribution < 1.29 is 9.53 Å². The van der Waals surface area contributed by atoms with Gasteiger partial charge in [-0.3, -0.25) is 4.79 Å². The van der Waals surface area contributed by atoms with Gasteiger partial charge in [-0.2, -0.15) is 0 Å². The van der Waals surface area contributed by atoms with E-state index in [0.717, 1.165) is 27.3 Å². The van der Waals surface area contributed by atoms with E-state index in [1.807, 2.05) is 39.0 Å². The molecule has 0 aliphatic carbocycles. The zero-order chi connectivity index (χ0) is 15.6. The number of carbonyl (C=O) groups excluding carboxylic acids is 1. The molecule has 0 radical (unpaired) electrons. The van der Waals surface area contributed by atoms with Crippen LogP contribution in [-0.2, 0) is 0 Å². The highest BCUT2D eigenvalue weighted by Crippen LogP contribution is 2.39. The van der Waals surface area contributed by atoms with Crippen LogP contribution in [0.25, 0.3) is 11.1 Å². The van der Waals surface area contributed by atoms with Gasteiger partial charge in [-0.15, -0.1) is 11.3 Å². The second-order valence-corrected chi connectivity index (χ2v) is 6.07. The first-order valence-corrected chi connectivity index (χ1v) is 7.63. The van der Waals surface area contributed by atoms with Gasteiger partial charge in [0.15, 0.2) is 0 Å². The third-order valence-electron chi connectivity index (χ3n) is 3.36. The third kappa shape index (κ3) is 2.88. The van der Waals surface area contributed by atoms with Gasteiger partial charge in [0.2, 0.25) is 0 Å². The molecule has 1 aromatic carbocycles. The molecule has 21 heavy (non-hydrogen) atoms. The fraction of sp³-hybridized carbons (Fsp3) is 0.312. The Kier molecular flexibility index (Phi) is 4.53. The number of aryl methyl sites for hydroxylation is 2. The Hall–Kier alpha value is -2.01. The van der Waals surface area contributed by atoms with Crippen molar-refractivity contribution in [1.82, 2.24) is 5.32 Å². The van der Waals surface area contributed by atoms with Gasteiger partial charge in [-0.05, 0) is 44.0 Å². The van der Waals surface area contributed by atoms with Gasteiger partial charge >= 0.3 is 0 Å². The molecule has 3 N–H and O–H groups in total. The minimum atomic E-state index is -0.122. The molecule has 2 aromatic rings. The van der Waals surface area contributed by atoms with Crippen molar-refractivity contribution in [2.75, 3.05) is 19.4 Å². The number of thiophene rings is 1. The zero-order valence-electron chi connectivity index (χ0n) is 12.7. The molecule has 0 aliphatic heterocycles. The van der Waals surface area contributed by atoms with Crippen LogP contribution in [0.15, 0.2) is 18.2 Å². The van der Waals surface area contributed by atoms with Crippen LogP contribution in [0, 0.1) is 13.8 Å². The molecule has 112 valence electrons. The number of nitrogen functional groups attached to an aromatic ring is 1. The lowest BCUT2D eigenvalue weighted by Crippen LogP contribution is -2.23. The molecule has 0 atom stereocenters. The summed E-state index contributed by atoms with van der Waals surface area (Å²) in [5, 5.41) is 3.38. The highest BCUT2D eigenvalue weighted by atomic mass is 32.1. The molecule has 4 nitrogen and oxygen atoms in total. The van der Waals surface area contributed by atoms with Crippen LogP contribution in [0.5, 0.6) is 5.75 Å². The molecular formula is C16H20N2O2S. The first-order chi connectivity index (χ1) is 9.99. The van der Waals surface area contributed by atoms with Crippen molar-refractivity contribution in [2.24, 2.45) is 0 Å². The summed E-state index contributed by atoms with van der Waals surface area (Å²) in [5.74, 6) is 0.710. The molecule has 0 saturated heterocycles. The van der Waals surface area contributed by atoms with Crippen LogP contribution in [-0.4, -0.2) is 19.6 Å².